The standard InChI is InChI=1S/C11H13NO.2C2H6/c1-8-3-4-9-5-6-12(2)11(13)10(9)7-8;2*1-2/h3-4,7H,5-6H2,1-2H3;2*1-2H3. The number of carbonyl (C=O) groups is 1. The van der Waals surface area contributed by atoms with Crippen LogP contribution < -0.4 is 0 Å². The van der Waals surface area contributed by atoms with E-state index in [2.05, 4.69) is 12.1 Å². The second-order valence-electron chi connectivity index (χ2n) is 3.64. The minimum atomic E-state index is 0.157. The summed E-state index contributed by atoms with van der Waals surface area (Å²) in [6.45, 7) is 10.9. The molecular formula is C15H25NO. The molecule has 0 aromatic heterocycles. The van der Waals surface area contributed by atoms with Gasteiger partial charge in [0.05, 0.1) is 0 Å². The Morgan fingerprint density at radius 2 is 1.71 bits per heavy atom. The fourth-order valence-corrected chi connectivity index (χ4v) is 1.70. The van der Waals surface area contributed by atoms with Gasteiger partial charge in [0, 0.05) is 19.2 Å². The van der Waals surface area contributed by atoms with E-state index in [1.165, 1.54) is 5.56 Å². The van der Waals surface area contributed by atoms with Gasteiger partial charge in [-0.05, 0) is 25.0 Å². The summed E-state index contributed by atoms with van der Waals surface area (Å²) in [5.74, 6) is 0.157. The maximum Gasteiger partial charge on any atom is 0.253 e. The van der Waals surface area contributed by atoms with Crippen molar-refractivity contribution in [3.63, 3.8) is 0 Å². The molecule has 0 unspecified atom stereocenters. The number of hydrogen-bond acceptors (Lipinski definition) is 1. The average molecular weight is 235 g/mol. The van der Waals surface area contributed by atoms with Gasteiger partial charge in [-0.15, -0.1) is 0 Å². The van der Waals surface area contributed by atoms with Gasteiger partial charge in [0.1, 0.15) is 0 Å². The normalized spacial score (nSPS) is 12.8. The molecule has 1 aliphatic rings. The predicted octanol–water partition coefficient (Wildman–Crippen LogP) is 3.68. The van der Waals surface area contributed by atoms with Crippen molar-refractivity contribution in [1.82, 2.24) is 4.90 Å². The van der Waals surface area contributed by atoms with E-state index < -0.39 is 0 Å². The summed E-state index contributed by atoms with van der Waals surface area (Å²) in [4.78, 5) is 13.5. The maximum absolute atomic E-state index is 11.7. The number of amides is 1. The van der Waals surface area contributed by atoms with E-state index in [0.717, 1.165) is 24.1 Å². The predicted molar refractivity (Wildman–Crippen MR) is 74.5 cm³/mol. The molecule has 0 saturated heterocycles. The summed E-state index contributed by atoms with van der Waals surface area (Å²) >= 11 is 0. The zero-order chi connectivity index (χ0) is 13.4. The van der Waals surface area contributed by atoms with Crippen LogP contribution in [0.2, 0.25) is 0 Å². The lowest BCUT2D eigenvalue weighted by molar-refractivity contribution is 0.0781. The highest BCUT2D eigenvalue weighted by Gasteiger charge is 2.20. The van der Waals surface area contributed by atoms with Gasteiger partial charge in [0.25, 0.3) is 5.91 Å². The highest BCUT2D eigenvalue weighted by molar-refractivity contribution is 5.96. The highest BCUT2D eigenvalue weighted by atomic mass is 16.2. The minimum Gasteiger partial charge on any atom is -0.341 e. The lowest BCUT2D eigenvalue weighted by Crippen LogP contribution is -2.34. The Hall–Kier alpha value is -1.31. The first kappa shape index (κ1) is 15.7. The van der Waals surface area contributed by atoms with Crippen LogP contribution in [-0.4, -0.2) is 24.4 Å². The van der Waals surface area contributed by atoms with Gasteiger partial charge in [-0.3, -0.25) is 4.79 Å². The molecule has 1 aromatic rings. The van der Waals surface area contributed by atoms with E-state index in [1.807, 2.05) is 47.7 Å². The lowest BCUT2D eigenvalue weighted by atomic mass is 9.97. The smallest absolute Gasteiger partial charge is 0.253 e. The number of nitrogens with zero attached hydrogens (tertiary/aromatic N) is 1. The van der Waals surface area contributed by atoms with Crippen molar-refractivity contribution in [3.8, 4) is 0 Å². The van der Waals surface area contributed by atoms with Crippen LogP contribution in [0.5, 0.6) is 0 Å². The monoisotopic (exact) mass is 235 g/mol. The molecule has 1 aliphatic heterocycles. The third-order valence-electron chi connectivity index (χ3n) is 2.56. The Balaban J connectivity index is 0.000000581. The Morgan fingerprint density at radius 3 is 2.29 bits per heavy atom. The fourth-order valence-electron chi connectivity index (χ4n) is 1.70. The topological polar surface area (TPSA) is 20.3 Å². The summed E-state index contributed by atoms with van der Waals surface area (Å²) in [6, 6.07) is 6.11. The molecule has 96 valence electrons. The van der Waals surface area contributed by atoms with Crippen molar-refractivity contribution < 1.29 is 4.79 Å². The van der Waals surface area contributed by atoms with E-state index in [-0.39, 0.29) is 5.91 Å². The minimum absolute atomic E-state index is 0.157. The molecule has 2 heteroatoms. The van der Waals surface area contributed by atoms with E-state index in [0.29, 0.717) is 0 Å². The molecule has 0 radical (unpaired) electrons. The first-order chi connectivity index (χ1) is 8.18. The molecule has 17 heavy (non-hydrogen) atoms. The van der Waals surface area contributed by atoms with Crippen LogP contribution >= 0.6 is 0 Å². The molecule has 0 saturated carbocycles. The van der Waals surface area contributed by atoms with Crippen molar-refractivity contribution in [2.45, 2.75) is 41.0 Å². The molecule has 2 rings (SSSR count). The summed E-state index contributed by atoms with van der Waals surface area (Å²) in [5.41, 5.74) is 3.23. The first-order valence-corrected chi connectivity index (χ1v) is 6.53. The van der Waals surface area contributed by atoms with Crippen LogP contribution in [0.1, 0.15) is 49.2 Å². The van der Waals surface area contributed by atoms with E-state index >= 15 is 0 Å². The molecule has 2 nitrogen and oxygen atoms in total. The summed E-state index contributed by atoms with van der Waals surface area (Å²) in [6.07, 6.45) is 0.984. The maximum atomic E-state index is 11.7. The lowest BCUT2D eigenvalue weighted by Gasteiger charge is -2.24. The molecular weight excluding hydrogens is 210 g/mol. The molecule has 0 atom stereocenters. The van der Waals surface area contributed by atoms with Crippen molar-refractivity contribution in [3.05, 3.63) is 34.9 Å². The molecule has 0 aliphatic carbocycles. The summed E-state index contributed by atoms with van der Waals surface area (Å²) in [7, 11) is 1.85. The molecule has 0 fully saturated rings. The number of aryl methyl sites for hydroxylation is 1. The molecule has 0 bridgehead atoms. The van der Waals surface area contributed by atoms with Crippen molar-refractivity contribution >= 4 is 5.91 Å². The van der Waals surface area contributed by atoms with Gasteiger partial charge in [0.2, 0.25) is 0 Å². The Labute approximate surface area is 106 Å². The van der Waals surface area contributed by atoms with E-state index in [1.54, 1.807) is 4.90 Å². The Morgan fingerprint density at radius 1 is 1.12 bits per heavy atom. The highest BCUT2D eigenvalue weighted by Crippen LogP contribution is 2.18. The van der Waals surface area contributed by atoms with Crippen LogP contribution in [-0.2, 0) is 6.42 Å². The number of fused-ring (bicyclic) bond motifs is 1. The molecule has 0 N–H and O–H groups in total. The Kier molecular flexibility index (Phi) is 7.27. The number of rotatable bonds is 0. The zero-order valence-electron chi connectivity index (χ0n) is 12.0. The van der Waals surface area contributed by atoms with Gasteiger partial charge in [-0.25, -0.2) is 0 Å². The van der Waals surface area contributed by atoms with Gasteiger partial charge < -0.3 is 4.90 Å². The molecule has 0 spiro atoms. The molecule has 1 heterocycles. The molecule has 1 aromatic carbocycles. The summed E-state index contributed by atoms with van der Waals surface area (Å²) < 4.78 is 0. The van der Waals surface area contributed by atoms with Crippen molar-refractivity contribution in [1.29, 1.82) is 0 Å². The SMILES string of the molecule is CC.CC.Cc1ccc2c(c1)C(=O)N(C)CC2. The van der Waals surface area contributed by atoms with Crippen LogP contribution in [0.25, 0.3) is 0 Å². The zero-order valence-corrected chi connectivity index (χ0v) is 12.0. The number of likely N-dealkylation sites (N-methyl/N-ethyl adjacent to an activating group) is 1. The van der Waals surface area contributed by atoms with Gasteiger partial charge >= 0.3 is 0 Å². The van der Waals surface area contributed by atoms with Crippen molar-refractivity contribution in [2.24, 2.45) is 0 Å². The van der Waals surface area contributed by atoms with Gasteiger partial charge in [-0.1, -0.05) is 45.4 Å². The largest absolute Gasteiger partial charge is 0.341 e. The third-order valence-corrected chi connectivity index (χ3v) is 2.56. The van der Waals surface area contributed by atoms with Crippen LogP contribution in [0.15, 0.2) is 18.2 Å². The quantitative estimate of drug-likeness (QED) is 0.672. The van der Waals surface area contributed by atoms with Crippen LogP contribution in [0, 0.1) is 6.92 Å². The van der Waals surface area contributed by atoms with Crippen molar-refractivity contribution in [2.75, 3.05) is 13.6 Å². The Bertz CT molecular complexity index is 358. The second-order valence-corrected chi connectivity index (χ2v) is 3.64. The van der Waals surface area contributed by atoms with Crippen LogP contribution in [0.4, 0.5) is 0 Å². The van der Waals surface area contributed by atoms with E-state index in [4.69, 9.17) is 0 Å². The van der Waals surface area contributed by atoms with E-state index in [9.17, 15) is 4.79 Å². The second kappa shape index (κ2) is 7.88. The number of carbonyl (C=O) groups excluding carboxylic acids is 1. The van der Waals surface area contributed by atoms with Gasteiger partial charge in [-0.2, -0.15) is 0 Å². The average Bonchev–Trinajstić information content (AvgIpc) is 2.39. The number of benzene rings is 1. The van der Waals surface area contributed by atoms with Crippen LogP contribution in [0.3, 0.4) is 0 Å². The third kappa shape index (κ3) is 3.88. The fraction of sp³-hybridized carbons (Fsp3) is 0.533. The summed E-state index contributed by atoms with van der Waals surface area (Å²) in [5, 5.41) is 0. The first-order valence-electron chi connectivity index (χ1n) is 6.53. The van der Waals surface area contributed by atoms with Gasteiger partial charge in [0.15, 0.2) is 0 Å². The number of hydrogen-bond donors (Lipinski definition) is 0. The molecule has 1 amide bonds.